The van der Waals surface area contributed by atoms with Gasteiger partial charge in [0.05, 0.1) is 0 Å². The van der Waals surface area contributed by atoms with E-state index >= 15 is 0 Å². The molecule has 0 aromatic heterocycles. The number of hydrogen-bond donors (Lipinski definition) is 0. The van der Waals surface area contributed by atoms with E-state index < -0.39 is 15.4 Å². The first kappa shape index (κ1) is 9.22. The van der Waals surface area contributed by atoms with Gasteiger partial charge in [-0.05, 0) is 12.5 Å². The molecule has 0 aliphatic heterocycles. The molecule has 0 spiro atoms. The molecule has 12 heavy (non-hydrogen) atoms. The number of rotatable bonds is 2. The van der Waals surface area contributed by atoms with Gasteiger partial charge in [0.1, 0.15) is 5.25 Å². The summed E-state index contributed by atoms with van der Waals surface area (Å²) in [6, 6.07) is 8.43. The van der Waals surface area contributed by atoms with Crippen LogP contribution in [0.25, 0.3) is 0 Å². The van der Waals surface area contributed by atoms with E-state index in [1.165, 1.54) is 6.92 Å². The molecule has 0 N–H and O–H groups in total. The molecule has 65 valence electrons. The molecule has 1 radical (unpaired) electrons. The van der Waals surface area contributed by atoms with E-state index in [1.807, 2.05) is 0 Å². The Hall–Kier alpha value is -0.870. The Morgan fingerprint density at radius 2 is 1.67 bits per heavy atom. The lowest BCUT2D eigenvalue weighted by Crippen LogP contribution is -2.06. The second-order valence-electron chi connectivity index (χ2n) is 2.55. The van der Waals surface area contributed by atoms with Crippen molar-refractivity contribution in [1.82, 2.24) is 0 Å². The van der Waals surface area contributed by atoms with Crippen molar-refractivity contribution >= 4 is 10.1 Å². The average Bonchev–Trinajstić information content (AvgIpc) is 2.03. The summed E-state index contributed by atoms with van der Waals surface area (Å²) in [5.74, 6) is 0. The van der Waals surface area contributed by atoms with Gasteiger partial charge >= 0.3 is 10.1 Å². The first-order chi connectivity index (χ1) is 5.52. The molecule has 1 atom stereocenters. The van der Waals surface area contributed by atoms with Crippen LogP contribution in [0.1, 0.15) is 17.7 Å². The molecule has 0 bridgehead atoms. The van der Waals surface area contributed by atoms with Crippen molar-refractivity contribution in [1.29, 1.82) is 0 Å². The minimum absolute atomic E-state index is 0.535. The fourth-order valence-electron chi connectivity index (χ4n) is 0.891. The van der Waals surface area contributed by atoms with Crippen molar-refractivity contribution in [2.45, 2.75) is 12.2 Å². The summed E-state index contributed by atoms with van der Waals surface area (Å²) in [7, 11) is -4.21. The topological polar surface area (TPSA) is 54.0 Å². The molecule has 1 unspecified atom stereocenters. The summed E-state index contributed by atoms with van der Waals surface area (Å²) >= 11 is 0. The van der Waals surface area contributed by atoms with Crippen LogP contribution in [0, 0.1) is 0 Å². The highest BCUT2D eigenvalue weighted by atomic mass is 32.2. The molecule has 1 rings (SSSR count). The molecule has 0 saturated carbocycles. The van der Waals surface area contributed by atoms with Crippen LogP contribution in [0.2, 0.25) is 0 Å². The zero-order valence-corrected chi connectivity index (χ0v) is 7.41. The molecule has 0 heterocycles. The Labute approximate surface area is 71.8 Å². The van der Waals surface area contributed by atoms with E-state index in [2.05, 4.69) is 0 Å². The standard InChI is InChI=1S/C8H9O3S/c1-7(12(9,10)11)8-5-3-2-4-6-8/h2-7H,1H3. The molecule has 0 saturated heterocycles. The second kappa shape index (κ2) is 3.25. The van der Waals surface area contributed by atoms with Gasteiger partial charge in [-0.25, -0.2) is 0 Å². The van der Waals surface area contributed by atoms with E-state index in [0.29, 0.717) is 5.56 Å². The molecule has 3 nitrogen and oxygen atoms in total. The molecule has 4 heteroatoms. The maximum atomic E-state index is 10.6. The van der Waals surface area contributed by atoms with Gasteiger partial charge in [-0.1, -0.05) is 34.9 Å². The summed E-state index contributed by atoms with van der Waals surface area (Å²) in [5.41, 5.74) is 0.535. The minimum Gasteiger partial charge on any atom is -0.196 e. The summed E-state index contributed by atoms with van der Waals surface area (Å²) < 4.78 is 31.7. The zero-order chi connectivity index (χ0) is 9.19. The summed E-state index contributed by atoms with van der Waals surface area (Å²) in [6.45, 7) is 1.39. The van der Waals surface area contributed by atoms with Crippen LogP contribution < -0.4 is 0 Å². The van der Waals surface area contributed by atoms with Crippen molar-refractivity contribution in [3.8, 4) is 0 Å². The molecule has 0 fully saturated rings. The van der Waals surface area contributed by atoms with E-state index in [0.717, 1.165) is 0 Å². The van der Waals surface area contributed by atoms with Gasteiger partial charge in [0.15, 0.2) is 0 Å². The van der Waals surface area contributed by atoms with Gasteiger partial charge in [0.25, 0.3) is 0 Å². The van der Waals surface area contributed by atoms with Crippen LogP contribution in [0.3, 0.4) is 0 Å². The van der Waals surface area contributed by atoms with Crippen LogP contribution in [0.5, 0.6) is 0 Å². The zero-order valence-electron chi connectivity index (χ0n) is 6.60. The molecule has 1 aromatic carbocycles. The Balaban J connectivity index is 3.02. The highest BCUT2D eigenvalue weighted by molar-refractivity contribution is 7.85. The summed E-state index contributed by atoms with van der Waals surface area (Å²) in [4.78, 5) is 0. The van der Waals surface area contributed by atoms with Gasteiger partial charge in [-0.2, -0.15) is 8.42 Å². The normalized spacial score (nSPS) is 14.2. The van der Waals surface area contributed by atoms with E-state index in [9.17, 15) is 13.0 Å². The minimum atomic E-state index is -4.21. The lowest BCUT2D eigenvalue weighted by Gasteiger charge is -2.05. The van der Waals surface area contributed by atoms with Crippen molar-refractivity contribution < 1.29 is 13.0 Å². The van der Waals surface area contributed by atoms with Crippen molar-refractivity contribution in [2.75, 3.05) is 0 Å². The van der Waals surface area contributed by atoms with Gasteiger partial charge in [-0.3, -0.25) is 0 Å². The van der Waals surface area contributed by atoms with Crippen LogP contribution in [-0.2, 0) is 14.7 Å². The first-order valence-electron chi connectivity index (χ1n) is 3.51. The van der Waals surface area contributed by atoms with Gasteiger partial charge in [0.2, 0.25) is 0 Å². The summed E-state index contributed by atoms with van der Waals surface area (Å²) in [6.07, 6.45) is 0. The Morgan fingerprint density at radius 3 is 2.08 bits per heavy atom. The first-order valence-corrected chi connectivity index (χ1v) is 4.98. The van der Waals surface area contributed by atoms with E-state index in [-0.39, 0.29) is 0 Å². The molecule has 0 aliphatic rings. The lowest BCUT2D eigenvalue weighted by atomic mass is 10.2. The van der Waals surface area contributed by atoms with Gasteiger partial charge in [-0.15, -0.1) is 0 Å². The predicted molar refractivity (Wildman–Crippen MR) is 44.5 cm³/mol. The fraction of sp³-hybridized carbons (Fsp3) is 0.250. The van der Waals surface area contributed by atoms with Crippen LogP contribution in [0.4, 0.5) is 0 Å². The molecular formula is C8H9O3S. The third kappa shape index (κ3) is 2.06. The van der Waals surface area contributed by atoms with Gasteiger partial charge < -0.3 is 0 Å². The van der Waals surface area contributed by atoms with Crippen LogP contribution >= 0.6 is 0 Å². The van der Waals surface area contributed by atoms with Gasteiger partial charge in [0, 0.05) is 0 Å². The highest BCUT2D eigenvalue weighted by Gasteiger charge is 2.20. The largest absolute Gasteiger partial charge is 0.301 e. The Bertz CT molecular complexity index is 342. The van der Waals surface area contributed by atoms with E-state index in [4.69, 9.17) is 0 Å². The lowest BCUT2D eigenvalue weighted by molar-refractivity contribution is 0.405. The molecule has 0 aliphatic carbocycles. The molecule has 1 aromatic rings. The van der Waals surface area contributed by atoms with Crippen molar-refractivity contribution in [2.24, 2.45) is 0 Å². The Morgan fingerprint density at radius 1 is 1.17 bits per heavy atom. The third-order valence-corrected chi connectivity index (χ3v) is 2.84. The smallest absolute Gasteiger partial charge is 0.196 e. The number of hydrogen-bond acceptors (Lipinski definition) is 2. The average molecular weight is 185 g/mol. The maximum absolute atomic E-state index is 10.6. The number of benzene rings is 1. The third-order valence-electron chi connectivity index (χ3n) is 1.70. The quantitative estimate of drug-likeness (QED) is 0.701. The molecule has 0 amide bonds. The van der Waals surface area contributed by atoms with Crippen LogP contribution in [-0.4, -0.2) is 8.42 Å². The van der Waals surface area contributed by atoms with Crippen molar-refractivity contribution in [3.05, 3.63) is 35.9 Å². The fourth-order valence-corrected chi connectivity index (χ4v) is 1.38. The van der Waals surface area contributed by atoms with Crippen LogP contribution in [0.15, 0.2) is 30.3 Å². The highest BCUT2D eigenvalue weighted by Crippen LogP contribution is 2.19. The summed E-state index contributed by atoms with van der Waals surface area (Å²) in [5, 5.41) is -0.960. The second-order valence-corrected chi connectivity index (χ2v) is 4.24. The molecular weight excluding hydrogens is 176 g/mol. The Kier molecular flexibility index (Phi) is 2.49. The monoisotopic (exact) mass is 185 g/mol. The maximum Gasteiger partial charge on any atom is 0.301 e. The SMILES string of the molecule is CC(c1ccccc1)S([O])(=O)=O. The van der Waals surface area contributed by atoms with Crippen molar-refractivity contribution in [3.63, 3.8) is 0 Å². The van der Waals surface area contributed by atoms with E-state index in [1.54, 1.807) is 30.3 Å². The predicted octanol–water partition coefficient (Wildman–Crippen LogP) is 1.51.